The van der Waals surface area contributed by atoms with Crippen molar-refractivity contribution >= 4 is 5.97 Å². The zero-order valence-corrected chi connectivity index (χ0v) is 24.3. The number of allylic oxidation sites excluding steroid dienone is 1. The van der Waals surface area contributed by atoms with Crippen LogP contribution >= 0.6 is 0 Å². The van der Waals surface area contributed by atoms with Crippen molar-refractivity contribution in [2.45, 2.75) is 159 Å². The number of aliphatic hydroxyl groups excluding tert-OH is 2. The second kappa shape index (κ2) is 20.8. The molecule has 0 saturated carbocycles. The number of unbranched alkanes of at least 4 members (excludes halogenated alkanes) is 14. The molecule has 2 fully saturated rings. The number of carboxylic acid groups (broad SMARTS) is 1. The van der Waals surface area contributed by atoms with Gasteiger partial charge >= 0.3 is 5.97 Å². The van der Waals surface area contributed by atoms with E-state index in [4.69, 9.17) is 30.2 Å². The molecule has 8 heteroatoms. The minimum Gasteiger partial charge on any atom is -0.478 e. The summed E-state index contributed by atoms with van der Waals surface area (Å²) < 4.78 is 18.1. The molecule has 228 valence electrons. The van der Waals surface area contributed by atoms with Gasteiger partial charge < -0.3 is 35.3 Å². The van der Waals surface area contributed by atoms with E-state index in [0.717, 1.165) is 64.4 Å². The molecule has 1 unspecified atom stereocenters. The Morgan fingerprint density at radius 1 is 0.923 bits per heavy atom. The van der Waals surface area contributed by atoms with Crippen LogP contribution in [0.5, 0.6) is 0 Å². The predicted molar refractivity (Wildman–Crippen MR) is 153 cm³/mol. The molecule has 0 aromatic heterocycles. The van der Waals surface area contributed by atoms with E-state index in [-0.39, 0.29) is 24.9 Å². The molecule has 2 aliphatic rings. The minimum atomic E-state index is -0.903. The first kappa shape index (κ1) is 34.2. The van der Waals surface area contributed by atoms with Crippen LogP contribution in [0.1, 0.15) is 128 Å². The molecule has 2 saturated heterocycles. The molecule has 39 heavy (non-hydrogen) atoms. The zero-order chi connectivity index (χ0) is 28.2. The molecule has 2 bridgehead atoms. The molecule has 5 N–H and O–H groups in total. The maximum Gasteiger partial charge on any atom is 0.327 e. The SMILES string of the molecule is NC(CO)COCCCCCCCCCCCCCCC[C@]12CC[C@@H](O)[C@H](O1)[C@@H](CCCC/C=C/C(=O)O)O2. The van der Waals surface area contributed by atoms with Crippen molar-refractivity contribution in [2.24, 2.45) is 5.73 Å². The standard InChI is InChI=1S/C31H57NO7/c32-26(24-33)25-37-23-17-13-9-7-5-3-1-2-4-6-8-12-16-21-31-22-20-27(34)30(39-31)28(38-31)18-14-10-11-15-19-29(35)36/h15,19,26-28,30,33-34H,1-14,16-18,20-25,32H2,(H,35,36)/b19-15+/t26?,27-,28-,30+,31-/m1/s1. The van der Waals surface area contributed by atoms with Crippen LogP contribution in [-0.2, 0) is 19.0 Å². The fourth-order valence-electron chi connectivity index (χ4n) is 5.76. The summed E-state index contributed by atoms with van der Waals surface area (Å²) in [6.07, 6.45) is 24.5. The average Bonchev–Trinajstić information content (AvgIpc) is 3.23. The highest BCUT2D eigenvalue weighted by Gasteiger charge is 2.52. The lowest BCUT2D eigenvalue weighted by Gasteiger charge is -2.33. The maximum atomic E-state index is 10.6. The Labute approximate surface area is 236 Å². The number of aliphatic hydroxyl groups is 2. The first-order valence-electron chi connectivity index (χ1n) is 15.8. The molecular weight excluding hydrogens is 498 g/mol. The van der Waals surface area contributed by atoms with Gasteiger partial charge in [0.15, 0.2) is 5.79 Å². The van der Waals surface area contributed by atoms with Gasteiger partial charge in [-0.2, -0.15) is 0 Å². The van der Waals surface area contributed by atoms with Crippen LogP contribution in [0.3, 0.4) is 0 Å². The monoisotopic (exact) mass is 555 g/mol. The van der Waals surface area contributed by atoms with Gasteiger partial charge in [0, 0.05) is 25.5 Å². The van der Waals surface area contributed by atoms with Crippen LogP contribution in [0.2, 0.25) is 0 Å². The van der Waals surface area contributed by atoms with Gasteiger partial charge in [0.05, 0.1) is 31.5 Å². The number of hydrogen-bond donors (Lipinski definition) is 4. The van der Waals surface area contributed by atoms with Gasteiger partial charge in [-0.1, -0.05) is 83.1 Å². The first-order valence-corrected chi connectivity index (χ1v) is 15.8. The van der Waals surface area contributed by atoms with Crippen LogP contribution in [0.15, 0.2) is 12.2 Å². The van der Waals surface area contributed by atoms with Gasteiger partial charge in [-0.15, -0.1) is 0 Å². The molecule has 0 aromatic rings. The van der Waals surface area contributed by atoms with Crippen LogP contribution in [-0.4, -0.2) is 71.3 Å². The Hall–Kier alpha value is -1.03. The smallest absolute Gasteiger partial charge is 0.327 e. The quantitative estimate of drug-likeness (QED) is 0.0843. The molecular formula is C31H57NO7. The van der Waals surface area contributed by atoms with E-state index in [0.29, 0.717) is 6.61 Å². The molecule has 2 aliphatic heterocycles. The highest BCUT2D eigenvalue weighted by molar-refractivity contribution is 5.79. The summed E-state index contributed by atoms with van der Waals surface area (Å²) in [6.45, 7) is 1.18. The van der Waals surface area contributed by atoms with Crippen LogP contribution in [0.25, 0.3) is 0 Å². The lowest BCUT2D eigenvalue weighted by molar-refractivity contribution is -0.214. The topological polar surface area (TPSA) is 131 Å². The van der Waals surface area contributed by atoms with Crippen molar-refractivity contribution in [1.82, 2.24) is 0 Å². The van der Waals surface area contributed by atoms with E-state index in [2.05, 4.69) is 0 Å². The third kappa shape index (κ3) is 15.0. The summed E-state index contributed by atoms with van der Waals surface area (Å²) in [5, 5.41) is 27.9. The van der Waals surface area contributed by atoms with E-state index < -0.39 is 17.9 Å². The zero-order valence-electron chi connectivity index (χ0n) is 24.3. The number of aliphatic carboxylic acids is 1. The molecule has 0 amide bonds. The third-order valence-corrected chi connectivity index (χ3v) is 8.07. The number of fused-ring (bicyclic) bond motifs is 2. The molecule has 2 rings (SSSR count). The Balaban J connectivity index is 1.41. The Kier molecular flexibility index (Phi) is 18.2. The number of ether oxygens (including phenoxy) is 3. The summed E-state index contributed by atoms with van der Waals surface area (Å²) in [5.41, 5.74) is 5.61. The number of nitrogens with two attached hydrogens (primary N) is 1. The first-order chi connectivity index (χ1) is 19.0. The number of rotatable bonds is 25. The molecule has 0 spiro atoms. The van der Waals surface area contributed by atoms with Crippen LogP contribution in [0, 0.1) is 0 Å². The van der Waals surface area contributed by atoms with Gasteiger partial charge in [0.2, 0.25) is 0 Å². The highest BCUT2D eigenvalue weighted by Crippen LogP contribution is 2.44. The van der Waals surface area contributed by atoms with Crippen molar-refractivity contribution < 1.29 is 34.3 Å². The fraction of sp³-hybridized carbons (Fsp3) is 0.903. The molecule has 0 aromatic carbocycles. The number of carboxylic acids is 1. The molecule has 8 nitrogen and oxygen atoms in total. The van der Waals surface area contributed by atoms with E-state index >= 15 is 0 Å². The Morgan fingerprint density at radius 3 is 2.15 bits per heavy atom. The van der Waals surface area contributed by atoms with E-state index in [1.54, 1.807) is 6.08 Å². The third-order valence-electron chi connectivity index (χ3n) is 8.07. The molecule has 0 radical (unpaired) electrons. The Bertz CT molecular complexity index is 661. The minimum absolute atomic E-state index is 0.0140. The van der Waals surface area contributed by atoms with E-state index in [1.807, 2.05) is 0 Å². The van der Waals surface area contributed by atoms with Gasteiger partial charge in [0.1, 0.15) is 6.10 Å². The second-order valence-corrected chi connectivity index (χ2v) is 11.6. The Morgan fingerprint density at radius 2 is 1.54 bits per heavy atom. The summed E-state index contributed by atoms with van der Waals surface area (Å²) in [6, 6.07) is -0.250. The maximum absolute atomic E-state index is 10.6. The summed E-state index contributed by atoms with van der Waals surface area (Å²) in [4.78, 5) is 10.6. The van der Waals surface area contributed by atoms with Gasteiger partial charge in [-0.05, 0) is 38.5 Å². The average molecular weight is 556 g/mol. The second-order valence-electron chi connectivity index (χ2n) is 11.6. The largest absolute Gasteiger partial charge is 0.478 e. The molecule has 5 atom stereocenters. The lowest BCUT2D eigenvalue weighted by atomic mass is 9.94. The van der Waals surface area contributed by atoms with Crippen molar-refractivity contribution in [2.75, 3.05) is 19.8 Å². The van der Waals surface area contributed by atoms with Crippen LogP contribution in [0.4, 0.5) is 0 Å². The van der Waals surface area contributed by atoms with Gasteiger partial charge in [-0.25, -0.2) is 4.79 Å². The normalized spacial score (nSPS) is 25.5. The van der Waals surface area contributed by atoms with Gasteiger partial charge in [0.25, 0.3) is 0 Å². The summed E-state index contributed by atoms with van der Waals surface area (Å²) >= 11 is 0. The fourth-order valence-corrected chi connectivity index (χ4v) is 5.76. The molecule has 2 heterocycles. The van der Waals surface area contributed by atoms with Gasteiger partial charge in [-0.3, -0.25) is 0 Å². The number of hydrogen-bond acceptors (Lipinski definition) is 7. The molecule has 0 aliphatic carbocycles. The van der Waals surface area contributed by atoms with E-state index in [9.17, 15) is 9.90 Å². The number of carbonyl (C=O) groups is 1. The highest BCUT2D eigenvalue weighted by atomic mass is 16.8. The van der Waals surface area contributed by atoms with E-state index in [1.165, 1.54) is 76.7 Å². The lowest BCUT2D eigenvalue weighted by Crippen LogP contribution is -2.41. The van der Waals surface area contributed by atoms with Crippen molar-refractivity contribution in [3.8, 4) is 0 Å². The van der Waals surface area contributed by atoms with Crippen molar-refractivity contribution in [3.63, 3.8) is 0 Å². The van der Waals surface area contributed by atoms with Crippen molar-refractivity contribution in [1.29, 1.82) is 0 Å². The van der Waals surface area contributed by atoms with Crippen LogP contribution < -0.4 is 5.73 Å². The van der Waals surface area contributed by atoms with Crippen molar-refractivity contribution in [3.05, 3.63) is 12.2 Å². The predicted octanol–water partition coefficient (Wildman–Crippen LogP) is 5.62. The summed E-state index contributed by atoms with van der Waals surface area (Å²) in [5.74, 6) is -1.40. The summed E-state index contributed by atoms with van der Waals surface area (Å²) in [7, 11) is 0.